The van der Waals surface area contributed by atoms with E-state index in [9.17, 15) is 4.79 Å². The monoisotopic (exact) mass is 295 g/mol. The van der Waals surface area contributed by atoms with Crippen LogP contribution in [0.4, 0.5) is 0 Å². The molecule has 2 aliphatic heterocycles. The van der Waals surface area contributed by atoms with Crippen LogP contribution in [0.15, 0.2) is 0 Å². The molecule has 0 spiro atoms. The average Bonchev–Trinajstić information content (AvgIpc) is 2.52. The van der Waals surface area contributed by atoms with Gasteiger partial charge < -0.3 is 10.2 Å². The first-order valence-corrected chi connectivity index (χ1v) is 8.84. The van der Waals surface area contributed by atoms with Gasteiger partial charge in [-0.3, -0.25) is 9.69 Å². The lowest BCUT2D eigenvalue weighted by molar-refractivity contribution is -0.136. The van der Waals surface area contributed by atoms with Gasteiger partial charge in [0.05, 0.1) is 6.04 Å². The Kier molecular flexibility index (Phi) is 6.49. The van der Waals surface area contributed by atoms with Crippen LogP contribution >= 0.6 is 0 Å². The van der Waals surface area contributed by atoms with Crippen molar-refractivity contribution in [3.63, 3.8) is 0 Å². The number of amides is 1. The lowest BCUT2D eigenvalue weighted by Gasteiger charge is -2.38. The second-order valence-corrected chi connectivity index (χ2v) is 7.15. The van der Waals surface area contributed by atoms with Crippen LogP contribution in [0.5, 0.6) is 0 Å². The fourth-order valence-electron chi connectivity index (χ4n) is 3.41. The van der Waals surface area contributed by atoms with E-state index in [1.807, 2.05) is 0 Å². The summed E-state index contributed by atoms with van der Waals surface area (Å²) in [7, 11) is 0. The van der Waals surface area contributed by atoms with Crippen LogP contribution in [0.2, 0.25) is 0 Å². The molecule has 2 atom stereocenters. The molecule has 2 saturated heterocycles. The SMILES string of the molecule is CCC1CCNC(C(=O)N2CCN(CCC(C)C)CC2)C1. The highest BCUT2D eigenvalue weighted by Crippen LogP contribution is 2.21. The highest BCUT2D eigenvalue weighted by molar-refractivity contribution is 5.82. The molecule has 0 aliphatic carbocycles. The number of hydrogen-bond acceptors (Lipinski definition) is 3. The Morgan fingerprint density at radius 2 is 1.95 bits per heavy atom. The van der Waals surface area contributed by atoms with Crippen LogP contribution < -0.4 is 5.32 Å². The normalized spacial score (nSPS) is 28.1. The third-order valence-electron chi connectivity index (χ3n) is 5.09. The van der Waals surface area contributed by atoms with Crippen LogP contribution in [-0.2, 0) is 4.79 Å². The molecule has 0 aromatic rings. The van der Waals surface area contributed by atoms with Crippen LogP contribution in [0.1, 0.15) is 46.5 Å². The van der Waals surface area contributed by atoms with Gasteiger partial charge in [-0.05, 0) is 44.2 Å². The highest BCUT2D eigenvalue weighted by atomic mass is 16.2. The topological polar surface area (TPSA) is 35.6 Å². The van der Waals surface area contributed by atoms with Crippen LogP contribution in [0, 0.1) is 11.8 Å². The van der Waals surface area contributed by atoms with E-state index in [0.717, 1.165) is 51.0 Å². The summed E-state index contributed by atoms with van der Waals surface area (Å²) < 4.78 is 0. The van der Waals surface area contributed by atoms with Crippen LogP contribution in [0.3, 0.4) is 0 Å². The molecule has 2 aliphatic rings. The molecule has 0 bridgehead atoms. The molecule has 122 valence electrons. The Hall–Kier alpha value is -0.610. The number of nitrogens with one attached hydrogen (secondary N) is 1. The zero-order valence-electron chi connectivity index (χ0n) is 14.1. The zero-order chi connectivity index (χ0) is 15.2. The molecule has 21 heavy (non-hydrogen) atoms. The van der Waals surface area contributed by atoms with Gasteiger partial charge in [-0.15, -0.1) is 0 Å². The number of carbonyl (C=O) groups excluding carboxylic acids is 1. The predicted molar refractivity (Wildman–Crippen MR) is 87.3 cm³/mol. The van der Waals surface area contributed by atoms with Crippen molar-refractivity contribution in [2.24, 2.45) is 11.8 Å². The summed E-state index contributed by atoms with van der Waals surface area (Å²) in [4.78, 5) is 17.2. The molecular formula is C17H33N3O. The van der Waals surface area contributed by atoms with Gasteiger partial charge in [-0.2, -0.15) is 0 Å². The molecule has 0 saturated carbocycles. The van der Waals surface area contributed by atoms with E-state index in [-0.39, 0.29) is 6.04 Å². The maximum atomic E-state index is 12.6. The van der Waals surface area contributed by atoms with Gasteiger partial charge in [0.15, 0.2) is 0 Å². The maximum absolute atomic E-state index is 12.6. The quantitative estimate of drug-likeness (QED) is 0.842. The van der Waals surface area contributed by atoms with E-state index in [1.165, 1.54) is 25.8 Å². The van der Waals surface area contributed by atoms with Crippen molar-refractivity contribution in [3.8, 4) is 0 Å². The van der Waals surface area contributed by atoms with Crippen molar-refractivity contribution >= 4 is 5.91 Å². The molecular weight excluding hydrogens is 262 g/mol. The van der Waals surface area contributed by atoms with Crippen molar-refractivity contribution in [1.82, 2.24) is 15.1 Å². The van der Waals surface area contributed by atoms with Crippen LogP contribution in [-0.4, -0.2) is 61.0 Å². The van der Waals surface area contributed by atoms with Gasteiger partial charge in [0.25, 0.3) is 0 Å². The summed E-state index contributed by atoms with van der Waals surface area (Å²) in [5, 5.41) is 3.43. The van der Waals surface area contributed by atoms with E-state index in [0.29, 0.717) is 5.91 Å². The smallest absolute Gasteiger partial charge is 0.239 e. The van der Waals surface area contributed by atoms with E-state index in [4.69, 9.17) is 0 Å². The fourth-order valence-corrected chi connectivity index (χ4v) is 3.41. The average molecular weight is 295 g/mol. The first kappa shape index (κ1) is 16.8. The minimum Gasteiger partial charge on any atom is -0.339 e. The Balaban J connectivity index is 1.75. The molecule has 1 amide bonds. The van der Waals surface area contributed by atoms with E-state index in [1.54, 1.807) is 0 Å². The lowest BCUT2D eigenvalue weighted by atomic mass is 9.90. The van der Waals surface area contributed by atoms with Crippen molar-refractivity contribution in [1.29, 1.82) is 0 Å². The molecule has 2 unspecified atom stereocenters. The van der Waals surface area contributed by atoms with Crippen molar-refractivity contribution in [3.05, 3.63) is 0 Å². The number of hydrogen-bond donors (Lipinski definition) is 1. The Labute approximate surface area is 130 Å². The van der Waals surface area contributed by atoms with Crippen LogP contribution in [0.25, 0.3) is 0 Å². The van der Waals surface area contributed by atoms with Gasteiger partial charge in [-0.1, -0.05) is 27.2 Å². The second-order valence-electron chi connectivity index (χ2n) is 7.15. The van der Waals surface area contributed by atoms with Gasteiger partial charge in [0, 0.05) is 26.2 Å². The van der Waals surface area contributed by atoms with Crippen molar-refractivity contribution in [2.75, 3.05) is 39.3 Å². The number of carbonyl (C=O) groups is 1. The molecule has 2 rings (SSSR count). The third kappa shape index (κ3) is 4.96. The summed E-state index contributed by atoms with van der Waals surface area (Å²) in [6.45, 7) is 12.9. The van der Waals surface area contributed by atoms with Gasteiger partial charge in [-0.25, -0.2) is 0 Å². The molecule has 2 heterocycles. The van der Waals surface area contributed by atoms with Gasteiger partial charge >= 0.3 is 0 Å². The molecule has 0 radical (unpaired) electrons. The summed E-state index contributed by atoms with van der Waals surface area (Å²) in [5.41, 5.74) is 0. The number of piperidine rings is 1. The Morgan fingerprint density at radius 3 is 2.57 bits per heavy atom. The van der Waals surface area contributed by atoms with Crippen molar-refractivity contribution in [2.45, 2.75) is 52.5 Å². The van der Waals surface area contributed by atoms with Gasteiger partial charge in [0.1, 0.15) is 0 Å². The summed E-state index contributed by atoms with van der Waals surface area (Å²) in [6.07, 6.45) is 4.72. The minimum absolute atomic E-state index is 0.0749. The molecule has 2 fully saturated rings. The van der Waals surface area contributed by atoms with Crippen molar-refractivity contribution < 1.29 is 4.79 Å². The minimum atomic E-state index is 0.0749. The molecule has 0 aromatic heterocycles. The molecule has 4 nitrogen and oxygen atoms in total. The Bertz CT molecular complexity index is 324. The highest BCUT2D eigenvalue weighted by Gasteiger charge is 2.30. The molecule has 1 N–H and O–H groups in total. The van der Waals surface area contributed by atoms with Gasteiger partial charge in [0.2, 0.25) is 5.91 Å². The zero-order valence-corrected chi connectivity index (χ0v) is 14.1. The largest absolute Gasteiger partial charge is 0.339 e. The maximum Gasteiger partial charge on any atom is 0.239 e. The predicted octanol–water partition coefficient (Wildman–Crippen LogP) is 1.95. The second kappa shape index (κ2) is 8.14. The number of piperazine rings is 1. The fraction of sp³-hybridized carbons (Fsp3) is 0.941. The molecule has 0 aromatic carbocycles. The third-order valence-corrected chi connectivity index (χ3v) is 5.09. The summed E-state index contributed by atoms with van der Waals surface area (Å²) in [5.74, 6) is 1.84. The molecule has 4 heteroatoms. The summed E-state index contributed by atoms with van der Waals surface area (Å²) in [6, 6.07) is 0.0749. The number of rotatable bonds is 5. The standard InChI is InChI=1S/C17H33N3O/c1-4-15-5-7-18-16(13-15)17(21)20-11-9-19(10-12-20)8-6-14(2)3/h14-16,18H,4-13H2,1-3H3. The van der Waals surface area contributed by atoms with E-state index < -0.39 is 0 Å². The Morgan fingerprint density at radius 1 is 1.24 bits per heavy atom. The lowest BCUT2D eigenvalue weighted by Crippen LogP contribution is -2.55. The first-order valence-electron chi connectivity index (χ1n) is 8.84. The number of nitrogens with zero attached hydrogens (tertiary/aromatic N) is 2. The van der Waals surface area contributed by atoms with E-state index >= 15 is 0 Å². The summed E-state index contributed by atoms with van der Waals surface area (Å²) >= 11 is 0. The van der Waals surface area contributed by atoms with E-state index in [2.05, 4.69) is 35.9 Å². The first-order chi connectivity index (χ1) is 10.1.